The molecule has 7 aromatic heterocycles. The number of amides is 4. The van der Waals surface area contributed by atoms with E-state index in [0.29, 0.717) is 193 Å². The molecule has 8 aromatic rings. The fourth-order valence-corrected chi connectivity index (χ4v) is 19.0. The lowest BCUT2D eigenvalue weighted by Gasteiger charge is -2.39. The van der Waals surface area contributed by atoms with Crippen molar-refractivity contribution in [3.05, 3.63) is 167 Å². The molecule has 8 N–H and O–H groups in total. The van der Waals surface area contributed by atoms with Gasteiger partial charge in [0.25, 0.3) is 17.7 Å². The van der Waals surface area contributed by atoms with Gasteiger partial charge in [-0.25, -0.2) is 59.1 Å². The molecule has 6 aliphatic heterocycles. The number of piperidine rings is 1. The minimum atomic E-state index is -1.77. The number of carbonyl (C=O) groups excluding carboxylic acids is 8. The third-order valence-electron chi connectivity index (χ3n) is 26.8. The second-order valence-electron chi connectivity index (χ2n) is 36.0. The molecule has 36 heteroatoms. The molecule has 15 rings (SSSR count). The van der Waals surface area contributed by atoms with E-state index in [-0.39, 0.29) is 73.6 Å². The number of alkyl carbamates (subject to hydrolysis) is 1. The molecular weight excluding hydrogens is 1680 g/mol. The maximum absolute atomic E-state index is 14.7. The largest absolute Gasteiger partial charge is 0.459 e. The number of fused-ring (bicyclic) bond motifs is 6. The number of aromatic amines is 1. The first-order valence-electron chi connectivity index (χ1n) is 45.6. The van der Waals surface area contributed by atoms with Gasteiger partial charge in [-0.1, -0.05) is 82.4 Å². The Labute approximate surface area is 760 Å². The van der Waals surface area contributed by atoms with Crippen LogP contribution in [0.4, 0.5) is 28.5 Å². The van der Waals surface area contributed by atoms with Crippen molar-refractivity contribution in [2.45, 2.75) is 206 Å². The smallest absolute Gasteiger partial charge is 0.407 e. The Morgan fingerprint density at radius 3 is 2.05 bits per heavy atom. The average molecular weight is 1800 g/mol. The van der Waals surface area contributed by atoms with Crippen molar-refractivity contribution in [3.8, 4) is 11.3 Å². The first kappa shape index (κ1) is 93.5. The average Bonchev–Trinajstić information content (AvgIpc) is 1.59. The molecule has 2 bridgehead atoms. The number of nitrogens with zero attached hydrogens (tertiary/aromatic N) is 17. The van der Waals surface area contributed by atoms with Crippen molar-refractivity contribution >= 4 is 92.9 Å². The van der Waals surface area contributed by atoms with Gasteiger partial charge in [0.1, 0.15) is 65.8 Å². The molecule has 131 heavy (non-hydrogen) atoms. The number of nitrogens with two attached hydrogens (primary N) is 2. The summed E-state index contributed by atoms with van der Waals surface area (Å²) in [6.07, 6.45) is 22.5. The predicted octanol–water partition coefficient (Wildman–Crippen LogP) is 8.00. The molecule has 1 saturated carbocycles. The van der Waals surface area contributed by atoms with Crippen LogP contribution in [0.2, 0.25) is 0 Å². The Morgan fingerprint density at radius 1 is 0.672 bits per heavy atom. The summed E-state index contributed by atoms with van der Waals surface area (Å²) >= 11 is 0. The number of carbonyl (C=O) groups is 8. The van der Waals surface area contributed by atoms with Crippen LogP contribution in [0.3, 0.4) is 0 Å². The molecule has 5 fully saturated rings. The van der Waals surface area contributed by atoms with Gasteiger partial charge < -0.3 is 85.1 Å². The van der Waals surface area contributed by atoms with Crippen LogP contribution in [-0.4, -0.2) is 272 Å². The summed E-state index contributed by atoms with van der Waals surface area (Å²) in [5.74, 6) is -3.95. The van der Waals surface area contributed by atoms with Crippen LogP contribution in [-0.2, 0) is 73.7 Å². The number of nitrogens with one attached hydrogen (secondary N) is 2. The number of H-pyrrole nitrogens is 1. The number of ketones is 3. The molecule has 1 aromatic carbocycles. The minimum Gasteiger partial charge on any atom is -0.459 e. The number of esters is 1. The Kier molecular flexibility index (Phi) is 30.2. The van der Waals surface area contributed by atoms with Gasteiger partial charge >= 0.3 is 12.1 Å². The van der Waals surface area contributed by atoms with Crippen molar-refractivity contribution in [1.29, 1.82) is 0 Å². The van der Waals surface area contributed by atoms with Crippen LogP contribution in [0, 0.1) is 29.6 Å². The summed E-state index contributed by atoms with van der Waals surface area (Å²) in [6, 6.07) is 8.15. The Hall–Kier alpha value is -12.2. The highest BCUT2D eigenvalue weighted by atomic mass is 16.6. The van der Waals surface area contributed by atoms with Gasteiger partial charge in [-0.15, -0.1) is 0 Å². The third-order valence-corrected chi connectivity index (χ3v) is 26.8. The number of rotatable bonds is 16. The number of Topliss-reactive ketones (excluding diaryl/α,β-unsaturated/α-hetero) is 3. The summed E-state index contributed by atoms with van der Waals surface area (Å²) in [6.45, 7) is 16.3. The summed E-state index contributed by atoms with van der Waals surface area (Å²) in [4.78, 5) is 168. The topological polar surface area (TPSA) is 456 Å². The number of aliphatic hydroxyl groups is 2. The number of cyclic esters (lactones) is 1. The fourth-order valence-electron chi connectivity index (χ4n) is 19.0. The number of aromatic nitrogens is 12. The van der Waals surface area contributed by atoms with Crippen molar-refractivity contribution in [2.75, 3.05) is 100 Å². The lowest BCUT2D eigenvalue weighted by atomic mass is 9.80. The first-order valence-corrected chi connectivity index (χ1v) is 45.6. The van der Waals surface area contributed by atoms with Crippen LogP contribution in [0.25, 0.3) is 33.3 Å². The van der Waals surface area contributed by atoms with Crippen LogP contribution < -0.4 is 31.5 Å². The number of nitrogen functional groups attached to an aromatic ring is 1. The van der Waals surface area contributed by atoms with E-state index in [1.807, 2.05) is 93.8 Å². The molecular formula is C95H119N21O15. The number of ether oxygens (including phenoxy) is 5. The first-order chi connectivity index (χ1) is 63.2. The number of benzene rings is 1. The molecule has 2 unspecified atom stereocenters. The minimum absolute atomic E-state index is 0.0653. The highest BCUT2D eigenvalue weighted by Crippen LogP contribution is 2.38. The maximum Gasteiger partial charge on any atom is 0.407 e. The van der Waals surface area contributed by atoms with Gasteiger partial charge in [0, 0.05) is 190 Å². The van der Waals surface area contributed by atoms with E-state index in [4.69, 9.17) is 40.3 Å². The van der Waals surface area contributed by atoms with E-state index in [9.17, 15) is 48.6 Å². The van der Waals surface area contributed by atoms with Crippen molar-refractivity contribution in [1.82, 2.24) is 79.6 Å². The van der Waals surface area contributed by atoms with Crippen LogP contribution in [0.1, 0.15) is 162 Å². The summed E-state index contributed by atoms with van der Waals surface area (Å²) < 4.78 is 32.5. The Bertz CT molecular complexity index is 5550. The Morgan fingerprint density at radius 2 is 1.36 bits per heavy atom. The standard InChI is InChI=1S/C95H119N21O15/c1-55-14-10-9-11-15-56(2)75(127-7)42-70-21-17-57(3)84(129-70)83(121)90(124)115-26-13-12-16-72(115)91(125)130-76(43-73(117)58(4)37-60(6)81(119)82(120)80(118)59(5)36-55)71(96)39-61-19-22-74(77(40-61)128-8)131-95(126)106-46-63-44-100-92(101-45-63)112-32-34-113(35-33-112)94-102-48-68(49-103-94)88(122)110-28-30-111(31-29-110)93-104-50-69(51-105-93)89(123)114-27-24-64-38-62(18-20-66(64)53-114)52-116-87-78(85(97)107-54-108-87)79(109-116)67-41-65-23-25-98-86(65)99-47-67/h9-11,14-15,18,20,23,25,37-38,41,44-45,47-51,54-55,57-59,61,70-72,74-77,81-82,84,119-120H,12-13,16-17,19,21-22,24,26-36,39-40,42-43,46,52-53,96H2,1-8H3,(H,98,99)(H,106,126)(H2,97,107,108)/b11-9?,14-10+,56-15?,60-37+/t55-,57-,58-,59-,61+,70?,71-,72+,74-,75+,76+,77-,81-,82+,84?/m1/s1. The molecule has 4 amide bonds. The van der Waals surface area contributed by atoms with E-state index < -0.39 is 102 Å². The van der Waals surface area contributed by atoms with E-state index in [0.717, 1.165) is 38.9 Å². The van der Waals surface area contributed by atoms with E-state index in [1.165, 1.54) is 31.3 Å². The van der Waals surface area contributed by atoms with E-state index in [1.54, 1.807) is 69.2 Å². The van der Waals surface area contributed by atoms with Gasteiger partial charge in [-0.3, -0.25) is 28.8 Å². The lowest BCUT2D eigenvalue weighted by molar-refractivity contribution is -0.169. The molecule has 4 saturated heterocycles. The van der Waals surface area contributed by atoms with E-state index in [2.05, 4.69) is 73.4 Å². The normalized spacial score (nSPS) is 26.7. The molecule has 15 atom stereocenters. The van der Waals surface area contributed by atoms with Crippen LogP contribution in [0.15, 0.2) is 134 Å². The van der Waals surface area contributed by atoms with Crippen LogP contribution >= 0.6 is 0 Å². The van der Waals surface area contributed by atoms with Gasteiger partial charge in [-0.05, 0) is 142 Å². The number of aliphatic hydroxyl groups excluding tert-OH is 2. The van der Waals surface area contributed by atoms with Gasteiger partial charge in [0.2, 0.25) is 23.6 Å². The summed E-state index contributed by atoms with van der Waals surface area (Å²) in [5, 5.41) is 32.0. The van der Waals surface area contributed by atoms with E-state index >= 15 is 0 Å². The van der Waals surface area contributed by atoms with Gasteiger partial charge in [0.15, 0.2) is 11.4 Å². The number of anilines is 4. The molecule has 0 spiro atoms. The van der Waals surface area contributed by atoms with Crippen molar-refractivity contribution in [2.24, 2.45) is 35.3 Å². The summed E-state index contributed by atoms with van der Waals surface area (Å²) in [7, 11) is 3.14. The molecule has 36 nitrogen and oxygen atoms in total. The number of piperazine rings is 2. The zero-order valence-electron chi connectivity index (χ0n) is 75.6. The highest BCUT2D eigenvalue weighted by Gasteiger charge is 2.45. The number of hydrogen-bond donors (Lipinski definition) is 6. The number of hydrogen-bond acceptors (Lipinski definition) is 30. The zero-order chi connectivity index (χ0) is 92.3. The number of allylic oxidation sites excluding steroid dienone is 6. The lowest BCUT2D eigenvalue weighted by Crippen LogP contribution is -2.55. The number of pyridine rings is 1. The highest BCUT2D eigenvalue weighted by molar-refractivity contribution is 6.38. The number of methoxy groups -OCH3 is 2. The van der Waals surface area contributed by atoms with Crippen molar-refractivity contribution < 1.29 is 72.3 Å². The van der Waals surface area contributed by atoms with Gasteiger partial charge in [-0.2, -0.15) is 5.10 Å². The zero-order valence-corrected chi connectivity index (χ0v) is 75.6. The molecule has 1 aliphatic carbocycles. The fraction of sp³-hybridized carbons (Fsp3) is 0.516. The molecule has 7 aliphatic rings. The quantitative estimate of drug-likeness (QED) is 0.0303. The SMILES string of the molecule is CO[C@H]1CC2CC[C@@H](C)C(O2)C(=O)C(=O)N2CCCC[C@H]2C(=O)O[C@H]([C@H](N)C[C@@H]2CC[C@@H](OC(=O)NCc3cnc(N4CCN(c5ncc(C(=O)N6CCN(c7ncc(C(=O)N8CCc9cc(Cn%10nc(-c%11cnc%12[nH]ccc%12c%11)c%11c(N)ncnc%11%10)ccc9C8)cn7)CC6)cn5)CC4)nc3)[C@H](OC)C2)CC(=O)[C@H](C)/C=C(\C)[C@@H](O)[C@@H](O)C(=O)[C@H](C)C[C@H](C)/C=C/C=CC=C1C. The monoisotopic (exact) mass is 1790 g/mol. The van der Waals surface area contributed by atoms with Crippen molar-refractivity contribution in [3.63, 3.8) is 0 Å². The van der Waals surface area contributed by atoms with Gasteiger partial charge in [0.05, 0.1) is 41.4 Å². The second-order valence-corrected chi connectivity index (χ2v) is 36.0. The predicted molar refractivity (Wildman–Crippen MR) is 487 cm³/mol. The maximum atomic E-state index is 14.7. The Balaban J connectivity index is 0.495. The molecule has 13 heterocycles. The second kappa shape index (κ2) is 42.3. The summed E-state index contributed by atoms with van der Waals surface area (Å²) in [5.41, 5.74) is 22.1. The van der Waals surface area contributed by atoms with Crippen LogP contribution in [0.5, 0.6) is 0 Å². The molecule has 0 radical (unpaired) electrons. The third kappa shape index (κ3) is 22.2. The molecule has 694 valence electrons.